The first-order valence-electron chi connectivity index (χ1n) is 10.3. The maximum absolute atomic E-state index is 14.5. The molecule has 0 spiro atoms. The van der Waals surface area contributed by atoms with Crippen molar-refractivity contribution in [1.29, 1.82) is 0 Å². The van der Waals surface area contributed by atoms with Gasteiger partial charge in [0.2, 0.25) is 0 Å². The maximum Gasteiger partial charge on any atom is 0.319 e. The molecular weight excluding hydrogens is 397 g/mol. The Morgan fingerprint density at radius 2 is 1.97 bits per heavy atom. The summed E-state index contributed by atoms with van der Waals surface area (Å²) in [4.78, 5) is 21.2. The summed E-state index contributed by atoms with van der Waals surface area (Å²) in [5, 5.41) is 19.0. The molecular formula is C23H26FN5O2. The summed E-state index contributed by atoms with van der Waals surface area (Å²) in [6.45, 7) is 4.06. The molecule has 1 fully saturated rings. The fraction of sp³-hybridized carbons (Fsp3) is 0.348. The van der Waals surface area contributed by atoms with E-state index in [1.165, 1.54) is 6.07 Å². The predicted octanol–water partition coefficient (Wildman–Crippen LogP) is 4.13. The lowest BCUT2D eigenvalue weighted by Crippen LogP contribution is -2.32. The highest BCUT2D eigenvalue weighted by atomic mass is 19.1. The number of nitrogens with one attached hydrogen (secondary N) is 3. The molecule has 1 aliphatic carbocycles. The average Bonchev–Trinajstić information content (AvgIpc) is 3.46. The molecule has 0 bridgehead atoms. The van der Waals surface area contributed by atoms with Gasteiger partial charge in [0.25, 0.3) is 0 Å². The van der Waals surface area contributed by atoms with Gasteiger partial charge < -0.3 is 21.1 Å². The third-order valence-corrected chi connectivity index (χ3v) is 5.70. The largest absolute Gasteiger partial charge is 0.390 e. The second-order valence-corrected chi connectivity index (χ2v) is 8.14. The fourth-order valence-electron chi connectivity index (χ4n) is 3.60. The molecule has 8 heteroatoms. The number of aryl methyl sites for hydroxylation is 2. The molecule has 1 aliphatic rings. The first-order chi connectivity index (χ1) is 14.8. The lowest BCUT2D eigenvalue weighted by molar-refractivity contribution is 0.140. The standard InChI is InChI=1S/C23H26FN5O2/c1-13-8-18(24)20(29-22(30)26-7-6-23(31)4-5-23)10-16(13)17-9-15-12-27-21(25-3)11-19(15)28-14(17)2/h8-12,31H,4-7H2,1-3H3,(H,25,27)(H2,26,29,30). The Labute approximate surface area is 180 Å². The molecule has 0 unspecified atom stereocenters. The van der Waals surface area contributed by atoms with Crippen molar-refractivity contribution in [2.75, 3.05) is 24.2 Å². The van der Waals surface area contributed by atoms with Crippen LogP contribution in [0.3, 0.4) is 0 Å². The normalized spacial score (nSPS) is 14.4. The zero-order valence-electron chi connectivity index (χ0n) is 17.8. The predicted molar refractivity (Wildman–Crippen MR) is 120 cm³/mol. The Bertz CT molecular complexity index is 1160. The van der Waals surface area contributed by atoms with Gasteiger partial charge in [-0.1, -0.05) is 0 Å². The van der Waals surface area contributed by atoms with Gasteiger partial charge in [-0.3, -0.25) is 4.98 Å². The molecule has 0 radical (unpaired) electrons. The highest BCUT2D eigenvalue weighted by molar-refractivity contribution is 5.92. The number of carbonyl (C=O) groups is 1. The van der Waals surface area contributed by atoms with E-state index in [2.05, 4.69) is 25.9 Å². The quantitative estimate of drug-likeness (QED) is 0.478. The molecule has 162 valence electrons. The summed E-state index contributed by atoms with van der Waals surface area (Å²) in [7, 11) is 1.80. The number of aromatic nitrogens is 2. The lowest BCUT2D eigenvalue weighted by atomic mass is 9.97. The number of hydrogen-bond acceptors (Lipinski definition) is 5. The van der Waals surface area contributed by atoms with Gasteiger partial charge in [0.05, 0.1) is 16.8 Å². The van der Waals surface area contributed by atoms with E-state index >= 15 is 0 Å². The number of urea groups is 1. The molecule has 1 aromatic carbocycles. The maximum atomic E-state index is 14.5. The third kappa shape index (κ3) is 4.59. The molecule has 0 aliphatic heterocycles. The van der Waals surface area contributed by atoms with Crippen LogP contribution in [0.4, 0.5) is 20.7 Å². The van der Waals surface area contributed by atoms with Crippen molar-refractivity contribution < 1.29 is 14.3 Å². The number of halogens is 1. The third-order valence-electron chi connectivity index (χ3n) is 5.70. The molecule has 7 nitrogen and oxygen atoms in total. The van der Waals surface area contributed by atoms with Gasteiger partial charge in [0.1, 0.15) is 11.6 Å². The van der Waals surface area contributed by atoms with E-state index in [0.717, 1.165) is 51.9 Å². The summed E-state index contributed by atoms with van der Waals surface area (Å²) >= 11 is 0. The number of amides is 2. The Hall–Kier alpha value is -3.26. The number of hydrogen-bond donors (Lipinski definition) is 4. The van der Waals surface area contributed by atoms with Gasteiger partial charge in [0, 0.05) is 42.5 Å². The number of rotatable bonds is 6. The molecule has 4 N–H and O–H groups in total. The first kappa shape index (κ1) is 21.0. The molecule has 0 saturated heterocycles. The zero-order valence-corrected chi connectivity index (χ0v) is 17.8. The molecule has 4 rings (SSSR count). The molecule has 2 amide bonds. The van der Waals surface area contributed by atoms with E-state index in [1.54, 1.807) is 19.3 Å². The van der Waals surface area contributed by atoms with E-state index in [9.17, 15) is 14.3 Å². The molecule has 1 saturated carbocycles. The number of fused-ring (bicyclic) bond motifs is 1. The smallest absolute Gasteiger partial charge is 0.319 e. The van der Waals surface area contributed by atoms with Crippen LogP contribution in [0.2, 0.25) is 0 Å². The van der Waals surface area contributed by atoms with Crippen LogP contribution < -0.4 is 16.0 Å². The van der Waals surface area contributed by atoms with Crippen molar-refractivity contribution in [2.45, 2.75) is 38.7 Å². The van der Waals surface area contributed by atoms with E-state index < -0.39 is 17.4 Å². The van der Waals surface area contributed by atoms with Crippen LogP contribution >= 0.6 is 0 Å². The Morgan fingerprint density at radius 3 is 2.68 bits per heavy atom. The van der Waals surface area contributed by atoms with Crippen LogP contribution in [-0.2, 0) is 0 Å². The SMILES string of the molecule is CNc1cc2nc(C)c(-c3cc(NC(=O)NCCC4(O)CC4)c(F)cc3C)cc2cn1. The Balaban J connectivity index is 1.59. The monoisotopic (exact) mass is 423 g/mol. The summed E-state index contributed by atoms with van der Waals surface area (Å²) in [5.41, 5.74) is 3.43. The highest BCUT2D eigenvalue weighted by Gasteiger charge is 2.39. The minimum Gasteiger partial charge on any atom is -0.390 e. The highest BCUT2D eigenvalue weighted by Crippen LogP contribution is 2.37. The van der Waals surface area contributed by atoms with E-state index in [-0.39, 0.29) is 5.69 Å². The summed E-state index contributed by atoms with van der Waals surface area (Å²) in [6, 6.07) is 6.38. The van der Waals surface area contributed by atoms with Crippen LogP contribution in [-0.4, -0.2) is 40.3 Å². The Morgan fingerprint density at radius 1 is 1.19 bits per heavy atom. The van der Waals surface area contributed by atoms with Crippen molar-refractivity contribution in [3.63, 3.8) is 0 Å². The lowest BCUT2D eigenvalue weighted by Gasteiger charge is -2.15. The average molecular weight is 423 g/mol. The van der Waals surface area contributed by atoms with Gasteiger partial charge in [-0.25, -0.2) is 14.2 Å². The van der Waals surface area contributed by atoms with Crippen LogP contribution in [0, 0.1) is 19.7 Å². The van der Waals surface area contributed by atoms with Gasteiger partial charge >= 0.3 is 6.03 Å². The van der Waals surface area contributed by atoms with E-state index in [4.69, 9.17) is 0 Å². The number of pyridine rings is 2. The van der Waals surface area contributed by atoms with E-state index in [0.29, 0.717) is 13.0 Å². The summed E-state index contributed by atoms with van der Waals surface area (Å²) < 4.78 is 14.5. The molecule has 2 aromatic heterocycles. The number of carbonyl (C=O) groups excluding carboxylic acids is 1. The van der Waals surface area contributed by atoms with Crippen LogP contribution in [0.5, 0.6) is 0 Å². The van der Waals surface area contributed by atoms with Crippen LogP contribution in [0.25, 0.3) is 22.0 Å². The molecule has 0 atom stereocenters. The minimum atomic E-state index is -0.640. The van der Waals surface area contributed by atoms with Gasteiger partial charge in [-0.2, -0.15) is 0 Å². The second kappa shape index (κ2) is 8.11. The van der Waals surface area contributed by atoms with Gasteiger partial charge in [0.15, 0.2) is 0 Å². The van der Waals surface area contributed by atoms with E-state index in [1.807, 2.05) is 26.0 Å². The number of anilines is 2. The zero-order chi connectivity index (χ0) is 22.2. The minimum absolute atomic E-state index is 0.0892. The summed E-state index contributed by atoms with van der Waals surface area (Å²) in [6.07, 6.45) is 3.76. The molecule has 31 heavy (non-hydrogen) atoms. The molecule has 2 heterocycles. The van der Waals surface area contributed by atoms with Gasteiger partial charge in [-0.15, -0.1) is 0 Å². The first-order valence-corrected chi connectivity index (χ1v) is 10.3. The Kier molecular flexibility index (Phi) is 5.49. The van der Waals surface area contributed by atoms with Crippen LogP contribution in [0.15, 0.2) is 30.5 Å². The van der Waals surface area contributed by atoms with Crippen molar-refractivity contribution >= 4 is 28.4 Å². The topological polar surface area (TPSA) is 99.2 Å². The number of aliphatic hydroxyl groups is 1. The van der Waals surface area contributed by atoms with Crippen molar-refractivity contribution in [2.24, 2.45) is 0 Å². The van der Waals surface area contributed by atoms with Crippen LogP contribution in [0.1, 0.15) is 30.5 Å². The van der Waals surface area contributed by atoms with Gasteiger partial charge in [-0.05, 0) is 62.4 Å². The second-order valence-electron chi connectivity index (χ2n) is 8.14. The fourth-order valence-corrected chi connectivity index (χ4v) is 3.60. The van der Waals surface area contributed by atoms with Crippen molar-refractivity contribution in [3.05, 3.63) is 47.5 Å². The number of benzene rings is 1. The molecule has 3 aromatic rings. The summed E-state index contributed by atoms with van der Waals surface area (Å²) in [5.74, 6) is 0.223. The van der Waals surface area contributed by atoms with Crippen molar-refractivity contribution in [3.8, 4) is 11.1 Å². The number of nitrogens with zero attached hydrogens (tertiary/aromatic N) is 2. The van der Waals surface area contributed by atoms with Crippen molar-refractivity contribution in [1.82, 2.24) is 15.3 Å².